The number of aryl methyl sites for hydroxylation is 1. The summed E-state index contributed by atoms with van der Waals surface area (Å²) in [4.78, 5) is 22.0. The highest BCUT2D eigenvalue weighted by atomic mass is 16.2. The molecule has 2 rings (SSSR count). The number of carbonyl (C=O) groups excluding carboxylic acids is 1. The maximum Gasteiger partial charge on any atom is 0.234 e. The molecule has 1 amide bonds. The third-order valence-corrected chi connectivity index (χ3v) is 2.64. The van der Waals surface area contributed by atoms with Crippen molar-refractivity contribution in [3.63, 3.8) is 0 Å². The van der Waals surface area contributed by atoms with E-state index in [0.717, 1.165) is 23.9 Å². The number of hydrogen-bond acceptors (Lipinski definition) is 5. The minimum atomic E-state index is 0.0674. The molecule has 17 heavy (non-hydrogen) atoms. The molecule has 92 valence electrons. The first-order valence-electron chi connectivity index (χ1n) is 5.69. The van der Waals surface area contributed by atoms with Crippen LogP contribution >= 0.6 is 0 Å². The average Bonchev–Trinajstić information content (AvgIpc) is 2.28. The zero-order valence-electron chi connectivity index (χ0n) is 10.2. The molecule has 0 unspecified atom stereocenters. The fourth-order valence-electron chi connectivity index (χ4n) is 1.86. The molecule has 0 spiro atoms. The lowest BCUT2D eigenvalue weighted by Crippen LogP contribution is -2.47. The Balaban J connectivity index is 2.07. The first-order chi connectivity index (χ1) is 8.17. The van der Waals surface area contributed by atoms with Crippen molar-refractivity contribution < 1.29 is 4.79 Å². The van der Waals surface area contributed by atoms with Crippen molar-refractivity contribution in [2.45, 2.75) is 13.5 Å². The van der Waals surface area contributed by atoms with Crippen molar-refractivity contribution in [1.82, 2.24) is 20.2 Å². The Morgan fingerprint density at radius 2 is 2.35 bits per heavy atom. The summed E-state index contributed by atoms with van der Waals surface area (Å²) in [7, 11) is 1.83. The van der Waals surface area contributed by atoms with Gasteiger partial charge in [-0.3, -0.25) is 9.69 Å². The van der Waals surface area contributed by atoms with E-state index in [1.54, 1.807) is 0 Å². The number of carbonyl (C=O) groups is 1. The molecular formula is C11H17N5O. The van der Waals surface area contributed by atoms with Crippen molar-refractivity contribution in [2.24, 2.45) is 0 Å². The van der Waals surface area contributed by atoms with E-state index in [1.165, 1.54) is 0 Å². The van der Waals surface area contributed by atoms with Gasteiger partial charge in [-0.05, 0) is 6.92 Å². The fraction of sp³-hybridized carbons (Fsp3) is 0.545. The fourth-order valence-corrected chi connectivity index (χ4v) is 1.86. The van der Waals surface area contributed by atoms with Crippen molar-refractivity contribution in [2.75, 3.05) is 32.0 Å². The third-order valence-electron chi connectivity index (χ3n) is 2.64. The van der Waals surface area contributed by atoms with Crippen LogP contribution in [0.1, 0.15) is 11.5 Å². The van der Waals surface area contributed by atoms with Crippen LogP contribution in [0.3, 0.4) is 0 Å². The predicted octanol–water partition coefficient (Wildman–Crippen LogP) is -0.241. The molecule has 2 N–H and O–H groups in total. The number of rotatable bonds is 3. The first-order valence-corrected chi connectivity index (χ1v) is 5.69. The molecule has 0 aromatic carbocycles. The number of nitrogens with zero attached hydrogens (tertiary/aromatic N) is 3. The maximum absolute atomic E-state index is 11.2. The highest BCUT2D eigenvalue weighted by Crippen LogP contribution is 2.08. The molecule has 6 nitrogen and oxygen atoms in total. The lowest BCUT2D eigenvalue weighted by Gasteiger charge is -2.25. The monoisotopic (exact) mass is 235 g/mol. The Morgan fingerprint density at radius 1 is 1.53 bits per heavy atom. The third kappa shape index (κ3) is 3.13. The summed E-state index contributed by atoms with van der Waals surface area (Å²) >= 11 is 0. The second kappa shape index (κ2) is 5.09. The molecule has 1 aromatic rings. The summed E-state index contributed by atoms with van der Waals surface area (Å²) in [6.45, 7) is 4.52. The lowest BCUT2D eigenvalue weighted by molar-refractivity contribution is -0.124. The van der Waals surface area contributed by atoms with E-state index in [1.807, 2.05) is 24.9 Å². The zero-order valence-corrected chi connectivity index (χ0v) is 10.2. The average molecular weight is 235 g/mol. The molecule has 0 radical (unpaired) electrons. The summed E-state index contributed by atoms with van der Waals surface area (Å²) in [5.74, 6) is 1.63. The van der Waals surface area contributed by atoms with Crippen molar-refractivity contribution in [3.8, 4) is 0 Å². The van der Waals surface area contributed by atoms with Gasteiger partial charge in [0, 0.05) is 31.9 Å². The van der Waals surface area contributed by atoms with Gasteiger partial charge >= 0.3 is 0 Å². The SMILES string of the molecule is CNc1cc(C)nc(CN2CCNC(=O)C2)n1. The molecule has 1 fully saturated rings. The topological polar surface area (TPSA) is 70.2 Å². The molecule has 0 atom stereocenters. The van der Waals surface area contributed by atoms with Crippen LogP contribution in [-0.2, 0) is 11.3 Å². The van der Waals surface area contributed by atoms with Crippen molar-refractivity contribution in [3.05, 3.63) is 17.6 Å². The van der Waals surface area contributed by atoms with Crippen LogP contribution in [0, 0.1) is 6.92 Å². The molecule has 0 aliphatic carbocycles. The van der Waals surface area contributed by atoms with Crippen LogP contribution in [0.4, 0.5) is 5.82 Å². The minimum absolute atomic E-state index is 0.0674. The number of aromatic nitrogens is 2. The molecule has 2 heterocycles. The van der Waals surface area contributed by atoms with E-state index >= 15 is 0 Å². The first kappa shape index (κ1) is 11.8. The van der Waals surface area contributed by atoms with Gasteiger partial charge in [0.05, 0.1) is 13.1 Å². The van der Waals surface area contributed by atoms with Crippen LogP contribution in [0.15, 0.2) is 6.07 Å². The molecule has 1 aliphatic rings. The normalized spacial score (nSPS) is 16.7. The Morgan fingerprint density at radius 3 is 3.06 bits per heavy atom. The van der Waals surface area contributed by atoms with Gasteiger partial charge in [0.2, 0.25) is 5.91 Å². The van der Waals surface area contributed by atoms with Crippen molar-refractivity contribution >= 4 is 11.7 Å². The van der Waals surface area contributed by atoms with E-state index in [-0.39, 0.29) is 5.91 Å². The second-order valence-electron chi connectivity index (χ2n) is 4.12. The molecule has 0 bridgehead atoms. The minimum Gasteiger partial charge on any atom is -0.373 e. The Labute approximate surface area is 100 Å². The van der Waals surface area contributed by atoms with Gasteiger partial charge in [0.1, 0.15) is 11.6 Å². The predicted molar refractivity (Wildman–Crippen MR) is 64.6 cm³/mol. The largest absolute Gasteiger partial charge is 0.373 e. The van der Waals surface area contributed by atoms with Gasteiger partial charge in [-0.2, -0.15) is 0 Å². The Bertz CT molecular complexity index is 420. The second-order valence-corrected chi connectivity index (χ2v) is 4.12. The van der Waals surface area contributed by atoms with Gasteiger partial charge < -0.3 is 10.6 Å². The summed E-state index contributed by atoms with van der Waals surface area (Å²) in [6, 6.07) is 1.90. The van der Waals surface area contributed by atoms with Gasteiger partial charge in [-0.1, -0.05) is 0 Å². The van der Waals surface area contributed by atoms with Gasteiger partial charge in [-0.25, -0.2) is 9.97 Å². The van der Waals surface area contributed by atoms with Gasteiger partial charge in [0.25, 0.3) is 0 Å². The van der Waals surface area contributed by atoms with E-state index in [4.69, 9.17) is 0 Å². The van der Waals surface area contributed by atoms with Gasteiger partial charge in [-0.15, -0.1) is 0 Å². The lowest BCUT2D eigenvalue weighted by atomic mass is 10.3. The highest BCUT2D eigenvalue weighted by Gasteiger charge is 2.17. The summed E-state index contributed by atoms with van der Waals surface area (Å²) in [5.41, 5.74) is 0.931. The van der Waals surface area contributed by atoms with E-state index < -0.39 is 0 Å². The number of hydrogen-bond donors (Lipinski definition) is 2. The van der Waals surface area contributed by atoms with Gasteiger partial charge in [0.15, 0.2) is 0 Å². The summed E-state index contributed by atoms with van der Waals surface area (Å²) < 4.78 is 0. The van der Waals surface area contributed by atoms with E-state index in [0.29, 0.717) is 19.6 Å². The highest BCUT2D eigenvalue weighted by molar-refractivity contribution is 5.78. The Kier molecular flexibility index (Phi) is 3.53. The number of anilines is 1. The molecule has 1 aromatic heterocycles. The van der Waals surface area contributed by atoms with Crippen LogP contribution < -0.4 is 10.6 Å². The maximum atomic E-state index is 11.2. The quantitative estimate of drug-likeness (QED) is 0.756. The smallest absolute Gasteiger partial charge is 0.234 e. The number of nitrogens with one attached hydrogen (secondary N) is 2. The number of amides is 1. The van der Waals surface area contributed by atoms with Crippen molar-refractivity contribution in [1.29, 1.82) is 0 Å². The molecule has 6 heteroatoms. The number of piperazine rings is 1. The molecular weight excluding hydrogens is 218 g/mol. The van der Waals surface area contributed by atoms with E-state index in [9.17, 15) is 4.79 Å². The van der Waals surface area contributed by atoms with Crippen LogP contribution in [0.2, 0.25) is 0 Å². The molecule has 1 aliphatic heterocycles. The van der Waals surface area contributed by atoms with Crippen LogP contribution in [-0.4, -0.2) is 47.5 Å². The zero-order chi connectivity index (χ0) is 12.3. The van der Waals surface area contributed by atoms with E-state index in [2.05, 4.69) is 20.6 Å². The standard InChI is InChI=1S/C11H17N5O/c1-8-5-9(12-2)15-10(14-8)6-16-4-3-13-11(17)7-16/h5H,3-4,6-7H2,1-2H3,(H,13,17)(H,12,14,15). The summed E-state index contributed by atoms with van der Waals surface area (Å²) in [5, 5.41) is 5.80. The summed E-state index contributed by atoms with van der Waals surface area (Å²) in [6.07, 6.45) is 0. The molecule has 1 saturated heterocycles. The van der Waals surface area contributed by atoms with Crippen LogP contribution in [0.25, 0.3) is 0 Å². The Hall–Kier alpha value is -1.69. The molecule has 0 saturated carbocycles. The van der Waals surface area contributed by atoms with Crippen LogP contribution in [0.5, 0.6) is 0 Å².